The molecule has 1 saturated carbocycles. The summed E-state index contributed by atoms with van der Waals surface area (Å²) in [5, 5.41) is 3.72. The van der Waals surface area contributed by atoms with Crippen LogP contribution in [0.25, 0.3) is 0 Å². The number of benzene rings is 1. The van der Waals surface area contributed by atoms with Gasteiger partial charge in [0.25, 0.3) is 0 Å². The first-order valence-electron chi connectivity index (χ1n) is 7.88. The lowest BCUT2D eigenvalue weighted by atomic mass is 10.1. The first-order valence-corrected chi connectivity index (χ1v) is 7.88. The lowest BCUT2D eigenvalue weighted by molar-refractivity contribution is 0.414. The maximum Gasteiger partial charge on any atom is 0.120 e. The van der Waals surface area contributed by atoms with Crippen molar-refractivity contribution in [1.82, 2.24) is 5.32 Å². The maximum atomic E-state index is 5.28. The van der Waals surface area contributed by atoms with Gasteiger partial charge in [-0.2, -0.15) is 0 Å². The highest BCUT2D eigenvalue weighted by molar-refractivity contribution is 5.50. The molecule has 1 aromatic rings. The molecule has 0 atom stereocenters. The fraction of sp³-hybridized carbons (Fsp3) is 0.647. The van der Waals surface area contributed by atoms with E-state index in [1.165, 1.54) is 44.2 Å². The van der Waals surface area contributed by atoms with E-state index < -0.39 is 0 Å². The van der Waals surface area contributed by atoms with Crippen molar-refractivity contribution in [2.45, 2.75) is 44.6 Å². The fourth-order valence-corrected chi connectivity index (χ4v) is 2.90. The molecule has 1 N–H and O–H groups in total. The molecule has 0 radical (unpaired) electrons. The third kappa shape index (κ3) is 4.71. The molecule has 0 saturated heterocycles. The van der Waals surface area contributed by atoms with E-state index in [2.05, 4.69) is 29.4 Å². The van der Waals surface area contributed by atoms with E-state index in [-0.39, 0.29) is 0 Å². The second-order valence-electron chi connectivity index (χ2n) is 5.77. The number of likely N-dealkylation sites (N-methyl/N-ethyl adjacent to an activating group) is 1. The van der Waals surface area contributed by atoms with Crippen molar-refractivity contribution in [1.29, 1.82) is 0 Å². The fourth-order valence-electron chi connectivity index (χ4n) is 2.90. The van der Waals surface area contributed by atoms with E-state index in [0.717, 1.165) is 24.9 Å². The van der Waals surface area contributed by atoms with Gasteiger partial charge in [0.1, 0.15) is 5.75 Å². The highest BCUT2D eigenvalue weighted by atomic mass is 16.5. The van der Waals surface area contributed by atoms with Gasteiger partial charge in [0.05, 0.1) is 7.11 Å². The topological polar surface area (TPSA) is 24.5 Å². The number of nitrogens with one attached hydrogen (secondary N) is 1. The van der Waals surface area contributed by atoms with Gasteiger partial charge >= 0.3 is 0 Å². The number of hydrogen-bond acceptors (Lipinski definition) is 3. The average molecular weight is 276 g/mol. The van der Waals surface area contributed by atoms with Gasteiger partial charge in [0, 0.05) is 37.9 Å². The second kappa shape index (κ2) is 8.15. The van der Waals surface area contributed by atoms with Crippen LogP contribution in [0.3, 0.4) is 0 Å². The van der Waals surface area contributed by atoms with Gasteiger partial charge in [-0.15, -0.1) is 0 Å². The number of rotatable bonds is 6. The molecule has 0 bridgehead atoms. The Labute approximate surface area is 123 Å². The summed E-state index contributed by atoms with van der Waals surface area (Å²) in [6.45, 7) is 2.09. The predicted molar refractivity (Wildman–Crippen MR) is 85.8 cm³/mol. The van der Waals surface area contributed by atoms with Crippen LogP contribution in [-0.4, -0.2) is 33.3 Å². The van der Waals surface area contributed by atoms with Gasteiger partial charge in [-0.25, -0.2) is 0 Å². The molecule has 0 aromatic heterocycles. The Kier molecular flexibility index (Phi) is 6.19. The Balaban J connectivity index is 1.75. The highest BCUT2D eigenvalue weighted by Crippen LogP contribution is 2.20. The molecule has 0 amide bonds. The summed E-state index contributed by atoms with van der Waals surface area (Å²) >= 11 is 0. The summed E-state index contributed by atoms with van der Waals surface area (Å²) in [7, 11) is 3.86. The van der Waals surface area contributed by atoms with Gasteiger partial charge in [0.2, 0.25) is 0 Å². The monoisotopic (exact) mass is 276 g/mol. The third-order valence-corrected chi connectivity index (χ3v) is 4.23. The summed E-state index contributed by atoms with van der Waals surface area (Å²) in [5.41, 5.74) is 1.21. The van der Waals surface area contributed by atoms with E-state index in [1.807, 2.05) is 12.1 Å². The van der Waals surface area contributed by atoms with Crippen molar-refractivity contribution < 1.29 is 4.74 Å². The number of nitrogens with zero attached hydrogens (tertiary/aromatic N) is 1. The van der Waals surface area contributed by atoms with Crippen molar-refractivity contribution >= 4 is 5.69 Å². The van der Waals surface area contributed by atoms with Gasteiger partial charge in [-0.1, -0.05) is 31.7 Å². The van der Waals surface area contributed by atoms with E-state index in [1.54, 1.807) is 7.11 Å². The Bertz CT molecular complexity index is 386. The smallest absolute Gasteiger partial charge is 0.120 e. The summed E-state index contributed by atoms with van der Waals surface area (Å²) in [6, 6.07) is 8.99. The molecule has 3 nitrogen and oxygen atoms in total. The summed E-state index contributed by atoms with van der Waals surface area (Å²) in [5.74, 6) is 0.922. The summed E-state index contributed by atoms with van der Waals surface area (Å²) in [4.78, 5) is 2.28. The van der Waals surface area contributed by atoms with Gasteiger partial charge in [-0.05, 0) is 25.0 Å². The number of anilines is 1. The lowest BCUT2D eigenvalue weighted by Gasteiger charge is -2.22. The largest absolute Gasteiger partial charge is 0.497 e. The first kappa shape index (κ1) is 15.2. The first-order chi connectivity index (χ1) is 9.79. The molecule has 1 fully saturated rings. The highest BCUT2D eigenvalue weighted by Gasteiger charge is 2.11. The van der Waals surface area contributed by atoms with Crippen molar-refractivity contribution in [3.8, 4) is 5.75 Å². The van der Waals surface area contributed by atoms with Gasteiger partial charge in [0.15, 0.2) is 0 Å². The molecule has 1 aliphatic rings. The number of hydrogen-bond donors (Lipinski definition) is 1. The molecule has 2 rings (SSSR count). The lowest BCUT2D eigenvalue weighted by Crippen LogP contribution is -2.35. The molecule has 0 aliphatic heterocycles. The van der Waals surface area contributed by atoms with Crippen LogP contribution in [0.15, 0.2) is 24.3 Å². The normalized spacial score (nSPS) is 16.7. The minimum atomic E-state index is 0.733. The van der Waals surface area contributed by atoms with Crippen LogP contribution in [0.2, 0.25) is 0 Å². The molecule has 112 valence electrons. The van der Waals surface area contributed by atoms with Crippen LogP contribution in [0.5, 0.6) is 5.75 Å². The van der Waals surface area contributed by atoms with Crippen molar-refractivity contribution in [2.24, 2.45) is 0 Å². The van der Waals surface area contributed by atoms with Crippen LogP contribution >= 0.6 is 0 Å². The Morgan fingerprint density at radius 1 is 1.20 bits per heavy atom. The standard InChI is InChI=1S/C17H28N2O/c1-19(16-10-7-11-17(14-16)20-2)13-12-18-15-8-5-3-4-6-9-15/h7,10-11,14-15,18H,3-6,8-9,12-13H2,1-2H3. The van der Waals surface area contributed by atoms with E-state index in [9.17, 15) is 0 Å². The Morgan fingerprint density at radius 2 is 1.95 bits per heavy atom. The molecule has 0 unspecified atom stereocenters. The molecule has 0 heterocycles. The maximum absolute atomic E-state index is 5.28. The average Bonchev–Trinajstić information content (AvgIpc) is 2.76. The van der Waals surface area contributed by atoms with E-state index in [0.29, 0.717) is 0 Å². The van der Waals surface area contributed by atoms with E-state index in [4.69, 9.17) is 4.74 Å². The van der Waals surface area contributed by atoms with Gasteiger partial charge < -0.3 is 15.0 Å². The zero-order valence-electron chi connectivity index (χ0n) is 12.9. The predicted octanol–water partition coefficient (Wildman–Crippen LogP) is 3.44. The summed E-state index contributed by atoms with van der Waals surface area (Å²) < 4.78 is 5.28. The van der Waals surface area contributed by atoms with Crippen LogP contribution in [-0.2, 0) is 0 Å². The Morgan fingerprint density at radius 3 is 2.65 bits per heavy atom. The SMILES string of the molecule is COc1cccc(N(C)CCNC2CCCCCC2)c1. The molecule has 0 spiro atoms. The number of ether oxygens (including phenoxy) is 1. The molecular weight excluding hydrogens is 248 g/mol. The van der Waals surface area contributed by atoms with E-state index >= 15 is 0 Å². The minimum Gasteiger partial charge on any atom is -0.497 e. The second-order valence-corrected chi connectivity index (χ2v) is 5.77. The van der Waals surface area contributed by atoms with Gasteiger partial charge in [-0.3, -0.25) is 0 Å². The molecule has 3 heteroatoms. The van der Waals surface area contributed by atoms with Crippen molar-refractivity contribution in [3.05, 3.63) is 24.3 Å². The molecule has 1 aliphatic carbocycles. The Hall–Kier alpha value is -1.22. The quantitative estimate of drug-likeness (QED) is 0.806. The zero-order chi connectivity index (χ0) is 14.2. The summed E-state index contributed by atoms with van der Waals surface area (Å²) in [6.07, 6.45) is 8.32. The third-order valence-electron chi connectivity index (χ3n) is 4.23. The molecule has 1 aromatic carbocycles. The molecule has 20 heavy (non-hydrogen) atoms. The van der Waals surface area contributed by atoms with Crippen molar-refractivity contribution in [3.63, 3.8) is 0 Å². The number of methoxy groups -OCH3 is 1. The van der Waals surface area contributed by atoms with Crippen molar-refractivity contribution in [2.75, 3.05) is 32.1 Å². The molecular formula is C17H28N2O. The zero-order valence-corrected chi connectivity index (χ0v) is 12.9. The van der Waals surface area contributed by atoms with Crippen LogP contribution < -0.4 is 15.0 Å². The minimum absolute atomic E-state index is 0.733. The van der Waals surface area contributed by atoms with Crippen LogP contribution in [0.1, 0.15) is 38.5 Å². The van der Waals surface area contributed by atoms with Crippen LogP contribution in [0, 0.1) is 0 Å². The van der Waals surface area contributed by atoms with Crippen LogP contribution in [0.4, 0.5) is 5.69 Å².